The summed E-state index contributed by atoms with van der Waals surface area (Å²) < 4.78 is 24.2. The van der Waals surface area contributed by atoms with Crippen LogP contribution in [0.15, 0.2) is 54.1 Å². The third-order valence-corrected chi connectivity index (χ3v) is 17.9. The number of hydroxylamine groups is 2. The van der Waals surface area contributed by atoms with Crippen molar-refractivity contribution in [1.82, 2.24) is 25.9 Å². The molecule has 4 aliphatic rings. The van der Waals surface area contributed by atoms with Crippen molar-refractivity contribution in [3.05, 3.63) is 87.0 Å². The number of carbonyl (C=O) groups excluding carboxylic acids is 12. The van der Waals surface area contributed by atoms with Crippen LogP contribution in [0.25, 0.3) is 0 Å². The molecule has 4 aliphatic heterocycles. The number of carbonyl (C=O) groups is 12. The van der Waals surface area contributed by atoms with Gasteiger partial charge in [-0.3, -0.25) is 43.2 Å². The molecule has 26 heteroatoms. The third kappa shape index (κ3) is 18.4. The minimum Gasteiger partial charge on any atom is -0.462 e. The number of hydrogen-bond donors (Lipinski definition) is 5. The highest BCUT2D eigenvalue weighted by atomic mass is 35.5. The van der Waals surface area contributed by atoms with Crippen molar-refractivity contribution in [2.45, 2.75) is 186 Å². The molecule has 3 saturated heterocycles. The van der Waals surface area contributed by atoms with Crippen LogP contribution in [0.3, 0.4) is 0 Å². The number of Topliss-reactive ketones (excluding diaryl/α,β-unsaturated/α-hetero) is 2. The number of ether oxygens (including phenoxy) is 4. The molecule has 0 radical (unpaired) electrons. The van der Waals surface area contributed by atoms with Crippen molar-refractivity contribution in [1.29, 1.82) is 0 Å². The van der Waals surface area contributed by atoms with Gasteiger partial charge in [-0.2, -0.15) is 0 Å². The Labute approximate surface area is 534 Å². The summed E-state index contributed by atoms with van der Waals surface area (Å²) in [5.41, 5.74) is 5.11. The Morgan fingerprint density at radius 2 is 1.64 bits per heavy atom. The highest BCUT2D eigenvalue weighted by Crippen LogP contribution is 2.50. The molecule has 0 saturated carbocycles. The van der Waals surface area contributed by atoms with Gasteiger partial charge in [-0.25, -0.2) is 14.4 Å². The molecule has 3 fully saturated rings. The lowest BCUT2D eigenvalue weighted by Crippen LogP contribution is -2.53. The van der Waals surface area contributed by atoms with Gasteiger partial charge < -0.3 is 60.4 Å². The quantitative estimate of drug-likeness (QED) is 0.0391. The molecule has 0 unspecified atom stereocenters. The van der Waals surface area contributed by atoms with Crippen molar-refractivity contribution < 1.29 is 86.4 Å². The predicted octanol–water partition coefficient (Wildman–Crippen LogP) is 5.18. The number of likely N-dealkylation sites (N-methyl/N-ethyl adjacent to an activating group) is 1. The number of halogens is 1. The lowest BCUT2D eigenvalue weighted by atomic mass is 9.78. The number of unbranched alkanes of at least 4 members (excludes halogenated alkanes) is 1. The molecule has 6 N–H and O–H groups in total. The maximum absolute atomic E-state index is 14.5. The maximum Gasteiger partial charge on any atom is 0.333 e. The van der Waals surface area contributed by atoms with Crippen molar-refractivity contribution in [2.24, 2.45) is 23.5 Å². The summed E-state index contributed by atoms with van der Waals surface area (Å²) in [6.45, 7) is 12.1. The summed E-state index contributed by atoms with van der Waals surface area (Å²) in [6, 6.07) is 4.39. The minimum absolute atomic E-state index is 0.00229. The number of primary amides is 1. The number of urea groups is 1. The number of nitrogens with zero attached hydrogens (tertiary/aromatic N) is 3. The lowest BCUT2D eigenvalue weighted by Gasteiger charge is -2.41. The average molecular weight is 1290 g/mol. The first-order valence-corrected chi connectivity index (χ1v) is 31.0. The van der Waals surface area contributed by atoms with Gasteiger partial charge in [0, 0.05) is 103 Å². The number of esters is 2. The van der Waals surface area contributed by atoms with Gasteiger partial charge in [0.1, 0.15) is 41.3 Å². The number of benzene rings is 2. The first-order valence-electron chi connectivity index (χ1n) is 30.6. The van der Waals surface area contributed by atoms with Gasteiger partial charge in [0.25, 0.3) is 23.6 Å². The normalized spacial score (nSPS) is 24.5. The number of aliphatic hydroxyl groups is 1. The van der Waals surface area contributed by atoms with Crippen LogP contribution in [-0.2, 0) is 79.8 Å². The van der Waals surface area contributed by atoms with Crippen LogP contribution < -0.4 is 26.6 Å². The molecule has 0 aliphatic carbocycles. The molecule has 2 aromatic carbocycles. The van der Waals surface area contributed by atoms with Gasteiger partial charge in [-0.15, -0.1) is 5.06 Å². The van der Waals surface area contributed by atoms with E-state index in [0.29, 0.717) is 27.8 Å². The number of hydrogen-bond acceptors (Lipinski definition) is 18. The highest BCUT2D eigenvalue weighted by molar-refractivity contribution is 6.34. The topological polar surface area (TPSA) is 346 Å². The number of ketones is 2. The molecule has 2 aromatic rings. The van der Waals surface area contributed by atoms with Crippen LogP contribution in [0.4, 0.5) is 10.5 Å². The van der Waals surface area contributed by atoms with E-state index in [2.05, 4.69) is 16.0 Å². The second-order valence-electron chi connectivity index (χ2n) is 24.7. The maximum atomic E-state index is 14.5. The standard InChI is InChI=1S/C65H86ClN7O18/c1-35(2)44(31-43(74)17-12-13-20-55(79)91-73-52(76)23-24-53(73)77)60(82)70-46(18-15-25-69-63(67)85)48(75)30-41-21-22-42(29-45(41)59(81)68-8)61(83)71(9)39(6)62(84)89-51-32-54(78)72(10)47-28-40(27-37(4)57(47)66)26-36(3)16-14-19-50(87-11)65(86)33-49(88-56(80)34-65)38(5)58-64(51,7)90-58/h14,16,19,21-22,27-29,35,38-39,44,46,49-51,58,86H,12-13,15,17-18,20,23-26,30-34H2,1-11H3,(H,68,81)(H,70,82)(H3,67,69,85)/b19-14+,36-16+/t38-,39+,44+,46+,49+,50-,51+,58+,64+,65-/m1/s1. The molecule has 8 amide bonds. The average Bonchev–Trinajstić information content (AvgIpc) is 1.60. The van der Waals surface area contributed by atoms with E-state index in [-0.39, 0.29) is 106 Å². The Hall–Kier alpha value is -7.87. The zero-order valence-corrected chi connectivity index (χ0v) is 54.4. The van der Waals surface area contributed by atoms with E-state index in [1.54, 1.807) is 53.0 Å². The summed E-state index contributed by atoms with van der Waals surface area (Å²) in [5, 5.41) is 20.6. The zero-order valence-electron chi connectivity index (χ0n) is 53.6. The smallest absolute Gasteiger partial charge is 0.333 e. The van der Waals surface area contributed by atoms with E-state index in [0.717, 1.165) is 16.0 Å². The molecule has 91 heavy (non-hydrogen) atoms. The Morgan fingerprint density at radius 3 is 2.29 bits per heavy atom. The fraction of sp³-hybridized carbons (Fsp3) is 0.569. The molecule has 6 rings (SSSR count). The van der Waals surface area contributed by atoms with E-state index >= 15 is 0 Å². The van der Waals surface area contributed by atoms with Crippen LogP contribution in [0, 0.1) is 24.7 Å². The molecule has 0 spiro atoms. The van der Waals surface area contributed by atoms with Crippen molar-refractivity contribution in [3.63, 3.8) is 0 Å². The number of nitrogens with two attached hydrogens (primary N) is 1. The summed E-state index contributed by atoms with van der Waals surface area (Å²) in [6.07, 6.45) is 0.755. The van der Waals surface area contributed by atoms with Gasteiger partial charge in [0.05, 0.1) is 35.7 Å². The number of epoxide rings is 1. The third-order valence-electron chi connectivity index (χ3n) is 17.4. The number of anilines is 1. The number of amides is 8. The van der Waals surface area contributed by atoms with E-state index in [4.69, 9.17) is 41.1 Å². The fourth-order valence-electron chi connectivity index (χ4n) is 11.7. The summed E-state index contributed by atoms with van der Waals surface area (Å²) in [7, 11) is 5.68. The van der Waals surface area contributed by atoms with Crippen LogP contribution in [0.1, 0.15) is 156 Å². The van der Waals surface area contributed by atoms with Crippen LogP contribution in [-0.4, -0.2) is 169 Å². The molecule has 0 aromatic heterocycles. The Bertz CT molecular complexity index is 3210. The van der Waals surface area contributed by atoms with Crippen LogP contribution in [0.2, 0.25) is 5.02 Å². The summed E-state index contributed by atoms with van der Waals surface area (Å²) in [5.74, 6) is -8.92. The zero-order chi connectivity index (χ0) is 67.4. The van der Waals surface area contributed by atoms with E-state index in [1.807, 2.05) is 26.0 Å². The van der Waals surface area contributed by atoms with Crippen LogP contribution >= 0.6 is 11.6 Å². The molecule has 4 bridgehead atoms. The molecule has 496 valence electrons. The van der Waals surface area contributed by atoms with Gasteiger partial charge in [-0.1, -0.05) is 68.3 Å². The van der Waals surface area contributed by atoms with Gasteiger partial charge in [-0.05, 0) is 101 Å². The number of fused-ring (bicyclic) bond motifs is 5. The number of rotatable bonds is 24. The first-order chi connectivity index (χ1) is 42.8. The number of nitrogens with one attached hydrogen (secondary N) is 3. The van der Waals surface area contributed by atoms with Crippen molar-refractivity contribution in [2.75, 3.05) is 39.7 Å². The second kappa shape index (κ2) is 31.4. The number of aryl methyl sites for hydroxylation is 1. The van der Waals surface area contributed by atoms with Gasteiger partial charge in [0.2, 0.25) is 11.8 Å². The number of methoxy groups -OCH3 is 1. The monoisotopic (exact) mass is 1290 g/mol. The Kier molecular flexibility index (Phi) is 24.9. The minimum atomic E-state index is -1.68. The molecule has 4 heterocycles. The second-order valence-corrected chi connectivity index (χ2v) is 25.1. The van der Waals surface area contributed by atoms with Crippen molar-refractivity contribution in [3.8, 4) is 0 Å². The Balaban J connectivity index is 1.19. The van der Waals surface area contributed by atoms with E-state index in [1.165, 1.54) is 51.2 Å². The predicted molar refractivity (Wildman–Crippen MR) is 330 cm³/mol. The van der Waals surface area contributed by atoms with Crippen LogP contribution in [0.5, 0.6) is 0 Å². The van der Waals surface area contributed by atoms with Crippen molar-refractivity contribution >= 4 is 88.2 Å². The summed E-state index contributed by atoms with van der Waals surface area (Å²) in [4.78, 5) is 167. The number of allylic oxidation sites excluding steroid dienone is 3. The molecular weight excluding hydrogens is 1200 g/mol. The van der Waals surface area contributed by atoms with E-state index < -0.39 is 138 Å². The SMILES string of the molecule is CNC(=O)c1cc(C(=O)N(C)[C@@H](C)C(=O)O[C@H]2CC(=O)N(C)c3cc(cc(C)c3Cl)C/C(C)=C/C=C/[C@@H](OC)[C@]3(O)CC(=O)O[C@@H](C3)[C@@H](C)[C@@H]3O[C@@]23C)ccc1CC(=O)[C@H](CCCNC(N)=O)NC(=O)[C@@H](CC(=O)CCCCC(=O)ON1C(=O)CCC1=O)C(C)C. The molecule has 25 nitrogen and oxygen atoms in total. The largest absolute Gasteiger partial charge is 0.462 e. The fourth-order valence-corrected chi connectivity index (χ4v) is 11.9. The first kappa shape index (κ1) is 72.2. The van der Waals surface area contributed by atoms with E-state index in [9.17, 15) is 62.6 Å². The number of imide groups is 1. The Morgan fingerprint density at radius 1 is 0.956 bits per heavy atom. The molecular formula is C65H86ClN7O18. The lowest BCUT2D eigenvalue weighted by molar-refractivity contribution is -0.197. The van der Waals surface area contributed by atoms with Gasteiger partial charge >= 0.3 is 23.9 Å². The molecule has 10 atom stereocenters. The highest BCUT2D eigenvalue weighted by Gasteiger charge is 2.64. The van der Waals surface area contributed by atoms with Gasteiger partial charge in [0.15, 0.2) is 5.78 Å². The summed E-state index contributed by atoms with van der Waals surface area (Å²) >= 11 is 6.88.